The Kier molecular flexibility index (Phi) is 5.78. The monoisotopic (exact) mass is 434 g/mol. The van der Waals surface area contributed by atoms with Crippen LogP contribution in [0, 0.1) is 0 Å². The molecule has 3 rings (SSSR count). The fourth-order valence-electron chi connectivity index (χ4n) is 2.71. The molecule has 0 N–H and O–H groups in total. The molecule has 0 radical (unpaired) electrons. The van der Waals surface area contributed by atoms with Gasteiger partial charge in [0.15, 0.2) is 0 Å². The smallest absolute Gasteiger partial charge is 0.257 e. The minimum Gasteiger partial charge on any atom is -0.496 e. The molecule has 0 saturated carbocycles. The molecule has 6 nitrogen and oxygen atoms in total. The number of halogens is 2. The minimum absolute atomic E-state index is 0.207. The molecule has 1 aromatic carbocycles. The van der Waals surface area contributed by atoms with E-state index in [0.29, 0.717) is 20.7 Å². The summed E-state index contributed by atoms with van der Waals surface area (Å²) in [5, 5.41) is 0.435. The van der Waals surface area contributed by atoms with Gasteiger partial charge >= 0.3 is 0 Å². The summed E-state index contributed by atoms with van der Waals surface area (Å²) in [6.07, 6.45) is 0. The van der Waals surface area contributed by atoms with E-state index in [0.717, 1.165) is 11.3 Å². The molecule has 2 heterocycles. The normalized spacial score (nSPS) is 15.9. The first-order valence-electron chi connectivity index (χ1n) is 7.71. The van der Waals surface area contributed by atoms with E-state index in [2.05, 4.69) is 0 Å². The Balaban J connectivity index is 1.73. The van der Waals surface area contributed by atoms with Crippen molar-refractivity contribution in [3.63, 3.8) is 0 Å². The fourth-order valence-corrected chi connectivity index (χ4v) is 5.94. The van der Waals surface area contributed by atoms with Gasteiger partial charge < -0.3 is 9.64 Å². The average molecular weight is 435 g/mol. The number of carbonyl (C=O) groups excluding carboxylic acids is 1. The van der Waals surface area contributed by atoms with Crippen molar-refractivity contribution in [3.05, 3.63) is 45.3 Å². The second kappa shape index (κ2) is 7.74. The number of benzene rings is 1. The van der Waals surface area contributed by atoms with Crippen LogP contribution in [0.1, 0.15) is 10.4 Å². The van der Waals surface area contributed by atoms with Crippen molar-refractivity contribution in [1.82, 2.24) is 9.21 Å². The van der Waals surface area contributed by atoms with E-state index in [9.17, 15) is 13.2 Å². The first kappa shape index (κ1) is 19.4. The van der Waals surface area contributed by atoms with Gasteiger partial charge in [0.25, 0.3) is 15.9 Å². The Morgan fingerprint density at radius 1 is 1.12 bits per heavy atom. The number of carbonyl (C=O) groups is 1. The third kappa shape index (κ3) is 3.84. The highest BCUT2D eigenvalue weighted by Gasteiger charge is 2.32. The summed E-state index contributed by atoms with van der Waals surface area (Å²) in [7, 11) is -2.11. The second-order valence-corrected chi connectivity index (χ2v) is 9.92. The van der Waals surface area contributed by atoms with Crippen LogP contribution in [0.5, 0.6) is 5.75 Å². The average Bonchev–Trinajstić information content (AvgIpc) is 3.08. The Morgan fingerprint density at radius 3 is 2.38 bits per heavy atom. The van der Waals surface area contributed by atoms with E-state index >= 15 is 0 Å². The zero-order valence-corrected chi connectivity index (χ0v) is 17.0. The quantitative estimate of drug-likeness (QED) is 0.740. The number of ether oxygens (including phenoxy) is 1. The summed E-state index contributed by atoms with van der Waals surface area (Å²) < 4.78 is 32.5. The summed E-state index contributed by atoms with van der Waals surface area (Å²) in [5.41, 5.74) is 0.362. The van der Waals surface area contributed by atoms with Crippen LogP contribution >= 0.6 is 34.5 Å². The van der Waals surface area contributed by atoms with E-state index in [1.165, 1.54) is 17.5 Å². The van der Waals surface area contributed by atoms with Crippen molar-refractivity contribution in [2.75, 3.05) is 33.3 Å². The molecule has 1 amide bonds. The lowest BCUT2D eigenvalue weighted by atomic mass is 10.1. The number of thiophene rings is 1. The molecular weight excluding hydrogens is 419 g/mol. The topological polar surface area (TPSA) is 66.9 Å². The standard InChI is InChI=1S/C16H16Cl2N2O4S2/c1-24-13-3-2-11(17)10-12(13)16(21)19-6-8-20(9-7-19)26(22,23)15-5-4-14(18)25-15/h2-5,10H,6-9H2,1H3. The first-order valence-corrected chi connectivity index (χ1v) is 10.7. The van der Waals surface area contributed by atoms with Crippen molar-refractivity contribution >= 4 is 50.5 Å². The zero-order valence-electron chi connectivity index (χ0n) is 13.8. The molecule has 1 aliphatic rings. The van der Waals surface area contributed by atoms with Gasteiger partial charge in [0, 0.05) is 31.2 Å². The van der Waals surface area contributed by atoms with Crippen LogP contribution in [0.3, 0.4) is 0 Å². The summed E-state index contributed by atoms with van der Waals surface area (Å²) >= 11 is 12.8. The highest BCUT2D eigenvalue weighted by atomic mass is 35.5. The van der Waals surface area contributed by atoms with Crippen molar-refractivity contribution in [1.29, 1.82) is 0 Å². The Hall–Kier alpha value is -1.32. The number of rotatable bonds is 4. The molecular formula is C16H16Cl2N2O4S2. The molecule has 1 aliphatic heterocycles. The van der Waals surface area contributed by atoms with E-state index in [4.69, 9.17) is 27.9 Å². The van der Waals surface area contributed by atoms with Crippen LogP contribution in [-0.4, -0.2) is 56.8 Å². The third-order valence-corrected chi connectivity index (χ3v) is 7.89. The van der Waals surface area contributed by atoms with Gasteiger partial charge in [0.05, 0.1) is 17.0 Å². The molecule has 26 heavy (non-hydrogen) atoms. The van der Waals surface area contributed by atoms with Gasteiger partial charge in [-0.05, 0) is 30.3 Å². The van der Waals surface area contributed by atoms with E-state index in [1.54, 1.807) is 29.2 Å². The SMILES string of the molecule is COc1ccc(Cl)cc1C(=O)N1CCN(S(=O)(=O)c2ccc(Cl)s2)CC1. The molecule has 1 saturated heterocycles. The van der Waals surface area contributed by atoms with Gasteiger partial charge in [0.2, 0.25) is 0 Å². The number of sulfonamides is 1. The predicted molar refractivity (Wildman–Crippen MR) is 102 cm³/mol. The Labute approximate surface area is 165 Å². The lowest BCUT2D eigenvalue weighted by Crippen LogP contribution is -2.50. The molecule has 0 atom stereocenters. The van der Waals surface area contributed by atoms with Crippen molar-refractivity contribution in [3.8, 4) is 5.75 Å². The molecule has 1 fully saturated rings. The zero-order chi connectivity index (χ0) is 18.9. The predicted octanol–water partition coefficient (Wildman–Crippen LogP) is 3.21. The minimum atomic E-state index is -3.59. The van der Waals surface area contributed by atoms with E-state index < -0.39 is 10.0 Å². The van der Waals surface area contributed by atoms with Gasteiger partial charge in [-0.2, -0.15) is 4.31 Å². The maximum Gasteiger partial charge on any atom is 0.257 e. The maximum absolute atomic E-state index is 12.8. The fraction of sp³-hybridized carbons (Fsp3) is 0.312. The highest BCUT2D eigenvalue weighted by molar-refractivity contribution is 7.91. The van der Waals surface area contributed by atoms with Crippen LogP contribution in [0.4, 0.5) is 0 Å². The third-order valence-electron chi connectivity index (χ3n) is 4.06. The van der Waals surface area contributed by atoms with Gasteiger partial charge in [-0.25, -0.2) is 8.42 Å². The van der Waals surface area contributed by atoms with Crippen LogP contribution in [-0.2, 0) is 10.0 Å². The number of hydrogen-bond acceptors (Lipinski definition) is 5. The number of piperazine rings is 1. The summed E-state index contributed by atoms with van der Waals surface area (Å²) in [4.78, 5) is 14.4. The van der Waals surface area contributed by atoms with Crippen LogP contribution in [0.15, 0.2) is 34.5 Å². The molecule has 140 valence electrons. The summed E-state index contributed by atoms with van der Waals surface area (Å²) in [6, 6.07) is 7.89. The first-order chi connectivity index (χ1) is 12.3. The van der Waals surface area contributed by atoms with Gasteiger partial charge in [-0.15, -0.1) is 11.3 Å². The Morgan fingerprint density at radius 2 is 1.81 bits per heavy atom. The van der Waals surface area contributed by atoms with Crippen LogP contribution in [0.25, 0.3) is 0 Å². The van der Waals surface area contributed by atoms with E-state index in [-0.39, 0.29) is 36.3 Å². The molecule has 2 aromatic rings. The van der Waals surface area contributed by atoms with Crippen LogP contribution in [0.2, 0.25) is 9.36 Å². The number of amides is 1. The molecule has 0 spiro atoms. The summed E-state index contributed by atoms with van der Waals surface area (Å²) in [6.45, 7) is 0.999. The largest absolute Gasteiger partial charge is 0.496 e. The second-order valence-electron chi connectivity index (χ2n) is 5.60. The highest BCUT2D eigenvalue weighted by Crippen LogP contribution is 2.29. The summed E-state index contributed by atoms with van der Waals surface area (Å²) in [5.74, 6) is 0.197. The number of nitrogens with zero attached hydrogens (tertiary/aromatic N) is 2. The number of hydrogen-bond donors (Lipinski definition) is 0. The van der Waals surface area contributed by atoms with E-state index in [1.807, 2.05) is 0 Å². The molecule has 0 aliphatic carbocycles. The maximum atomic E-state index is 12.8. The lowest BCUT2D eigenvalue weighted by molar-refractivity contribution is 0.0694. The number of methoxy groups -OCH3 is 1. The van der Waals surface area contributed by atoms with Gasteiger partial charge in [-0.3, -0.25) is 4.79 Å². The molecule has 10 heteroatoms. The van der Waals surface area contributed by atoms with Gasteiger partial charge in [0.1, 0.15) is 9.96 Å². The van der Waals surface area contributed by atoms with Crippen LogP contribution < -0.4 is 4.74 Å². The molecule has 0 bridgehead atoms. The van der Waals surface area contributed by atoms with Crippen molar-refractivity contribution in [2.45, 2.75) is 4.21 Å². The molecule has 0 unspecified atom stereocenters. The lowest BCUT2D eigenvalue weighted by Gasteiger charge is -2.34. The van der Waals surface area contributed by atoms with Gasteiger partial charge in [-0.1, -0.05) is 23.2 Å². The Bertz CT molecular complexity index is 922. The van der Waals surface area contributed by atoms with Crippen molar-refractivity contribution < 1.29 is 17.9 Å². The molecule has 1 aromatic heterocycles. The van der Waals surface area contributed by atoms with Crippen molar-refractivity contribution in [2.24, 2.45) is 0 Å².